The summed E-state index contributed by atoms with van der Waals surface area (Å²) < 4.78 is 11.3. The number of rotatable bonds is 4. The summed E-state index contributed by atoms with van der Waals surface area (Å²) in [6.45, 7) is 5.78. The quantitative estimate of drug-likeness (QED) is 0.834. The van der Waals surface area contributed by atoms with E-state index in [9.17, 15) is 4.79 Å². The van der Waals surface area contributed by atoms with Crippen molar-refractivity contribution in [3.63, 3.8) is 0 Å². The normalized spacial score (nSPS) is 16.3. The molecule has 0 bridgehead atoms. The zero-order valence-electron chi connectivity index (χ0n) is 15.4. The van der Waals surface area contributed by atoms with E-state index in [0.29, 0.717) is 31.9 Å². The number of hydrogen-bond donors (Lipinski definition) is 0. The minimum absolute atomic E-state index is 0.0446. The van der Waals surface area contributed by atoms with Crippen molar-refractivity contribution in [2.24, 2.45) is 0 Å². The second-order valence-corrected chi connectivity index (χ2v) is 6.56. The predicted octanol–water partition coefficient (Wildman–Crippen LogP) is 2.60. The Morgan fingerprint density at radius 1 is 1.19 bits per heavy atom. The zero-order chi connectivity index (χ0) is 18.6. The van der Waals surface area contributed by atoms with Gasteiger partial charge in [0.1, 0.15) is 23.9 Å². The van der Waals surface area contributed by atoms with Crippen molar-refractivity contribution in [2.45, 2.75) is 6.92 Å². The molecule has 0 radical (unpaired) electrons. The summed E-state index contributed by atoms with van der Waals surface area (Å²) in [7, 11) is 0. The van der Waals surface area contributed by atoms with Gasteiger partial charge in [0.2, 0.25) is 0 Å². The summed E-state index contributed by atoms with van der Waals surface area (Å²) >= 11 is 0. The van der Waals surface area contributed by atoms with E-state index in [2.05, 4.69) is 9.88 Å². The summed E-state index contributed by atoms with van der Waals surface area (Å²) in [6.07, 6.45) is 3.72. The van der Waals surface area contributed by atoms with Gasteiger partial charge in [0, 0.05) is 37.9 Å². The third kappa shape index (κ3) is 3.74. The number of ether oxygens (including phenoxy) is 2. The topological polar surface area (TPSA) is 54.9 Å². The fourth-order valence-electron chi connectivity index (χ4n) is 3.42. The minimum Gasteiger partial charge on any atom is -0.494 e. The first-order valence-electron chi connectivity index (χ1n) is 9.30. The van der Waals surface area contributed by atoms with E-state index in [1.165, 1.54) is 0 Å². The number of aromatic nitrogens is 1. The van der Waals surface area contributed by atoms with Gasteiger partial charge in [0.05, 0.1) is 12.2 Å². The average molecular weight is 365 g/mol. The number of benzene rings is 1. The molecule has 1 saturated heterocycles. The molecule has 0 atom stereocenters. The van der Waals surface area contributed by atoms with E-state index in [1.54, 1.807) is 6.20 Å². The maximum atomic E-state index is 12.9. The van der Waals surface area contributed by atoms with Crippen LogP contribution in [0.2, 0.25) is 0 Å². The molecule has 27 heavy (non-hydrogen) atoms. The van der Waals surface area contributed by atoms with E-state index >= 15 is 0 Å². The van der Waals surface area contributed by atoms with Crippen LogP contribution in [-0.2, 0) is 4.79 Å². The highest BCUT2D eigenvalue weighted by molar-refractivity contribution is 5.99. The first kappa shape index (κ1) is 17.4. The maximum Gasteiger partial charge on any atom is 0.253 e. The molecule has 0 saturated carbocycles. The Hall–Kier alpha value is -3.02. The van der Waals surface area contributed by atoms with E-state index in [0.717, 1.165) is 36.0 Å². The Balaban J connectivity index is 1.44. The van der Waals surface area contributed by atoms with Crippen LogP contribution in [0.15, 0.2) is 48.2 Å². The molecule has 1 fully saturated rings. The molecule has 6 heteroatoms. The molecule has 0 spiro atoms. The Labute approximate surface area is 159 Å². The molecule has 4 rings (SSSR count). The smallest absolute Gasteiger partial charge is 0.253 e. The molecule has 6 nitrogen and oxygen atoms in total. The van der Waals surface area contributed by atoms with E-state index in [1.807, 2.05) is 54.3 Å². The average Bonchev–Trinajstić information content (AvgIpc) is 2.74. The van der Waals surface area contributed by atoms with Crippen LogP contribution in [0.1, 0.15) is 12.5 Å². The first-order chi connectivity index (χ1) is 13.2. The second kappa shape index (κ2) is 7.70. The number of hydrogen-bond acceptors (Lipinski definition) is 5. The Morgan fingerprint density at radius 2 is 2.04 bits per heavy atom. The minimum atomic E-state index is 0.0446. The number of carbonyl (C=O) groups is 1. The lowest BCUT2D eigenvalue weighted by molar-refractivity contribution is -0.127. The molecule has 1 aromatic carbocycles. The summed E-state index contributed by atoms with van der Waals surface area (Å²) in [6, 6.07) is 11.6. The molecule has 2 aliphatic heterocycles. The number of amides is 1. The Bertz CT molecular complexity index is 843. The van der Waals surface area contributed by atoms with Crippen molar-refractivity contribution in [1.29, 1.82) is 0 Å². The lowest BCUT2D eigenvalue weighted by Gasteiger charge is -2.36. The molecule has 2 aliphatic rings. The summed E-state index contributed by atoms with van der Waals surface area (Å²) in [5, 5.41) is 0. The van der Waals surface area contributed by atoms with Crippen molar-refractivity contribution in [1.82, 2.24) is 9.88 Å². The van der Waals surface area contributed by atoms with Crippen LogP contribution in [0.3, 0.4) is 0 Å². The number of carbonyl (C=O) groups excluding carboxylic acids is 1. The fraction of sp³-hybridized carbons (Fsp3) is 0.333. The van der Waals surface area contributed by atoms with Gasteiger partial charge in [0.25, 0.3) is 5.91 Å². The molecule has 1 amide bonds. The lowest BCUT2D eigenvalue weighted by atomic mass is 10.1. The van der Waals surface area contributed by atoms with E-state index in [4.69, 9.17) is 9.47 Å². The second-order valence-electron chi connectivity index (χ2n) is 6.56. The standard InChI is InChI=1S/C21H23N3O3/c1-2-26-18-6-7-19-16(14-18)13-17(15-27-19)21(25)24-11-9-23(10-12-24)20-5-3-4-8-22-20/h3-8,13-14H,2,9-12,15H2,1H3. The highest BCUT2D eigenvalue weighted by Gasteiger charge is 2.26. The number of nitrogens with zero attached hydrogens (tertiary/aromatic N) is 3. The molecule has 2 aromatic rings. The van der Waals surface area contributed by atoms with Gasteiger partial charge < -0.3 is 19.3 Å². The van der Waals surface area contributed by atoms with Gasteiger partial charge in [-0.05, 0) is 43.3 Å². The number of anilines is 1. The van der Waals surface area contributed by atoms with Gasteiger partial charge in [-0.3, -0.25) is 4.79 Å². The summed E-state index contributed by atoms with van der Waals surface area (Å²) in [5.41, 5.74) is 1.57. The van der Waals surface area contributed by atoms with E-state index in [-0.39, 0.29) is 5.91 Å². The van der Waals surface area contributed by atoms with Crippen LogP contribution in [0.5, 0.6) is 11.5 Å². The Kier molecular flexibility index (Phi) is 4.96. The van der Waals surface area contributed by atoms with Crippen LogP contribution in [0.25, 0.3) is 6.08 Å². The third-order valence-corrected chi connectivity index (χ3v) is 4.82. The van der Waals surface area contributed by atoms with E-state index < -0.39 is 0 Å². The molecule has 0 N–H and O–H groups in total. The van der Waals surface area contributed by atoms with Crippen LogP contribution in [-0.4, -0.2) is 55.2 Å². The highest BCUT2D eigenvalue weighted by atomic mass is 16.5. The molecule has 140 valence electrons. The predicted molar refractivity (Wildman–Crippen MR) is 104 cm³/mol. The van der Waals surface area contributed by atoms with Gasteiger partial charge >= 0.3 is 0 Å². The van der Waals surface area contributed by atoms with Crippen molar-refractivity contribution < 1.29 is 14.3 Å². The van der Waals surface area contributed by atoms with Crippen molar-refractivity contribution in [3.8, 4) is 11.5 Å². The third-order valence-electron chi connectivity index (χ3n) is 4.82. The van der Waals surface area contributed by atoms with Crippen molar-refractivity contribution in [3.05, 3.63) is 53.7 Å². The van der Waals surface area contributed by atoms with Crippen molar-refractivity contribution in [2.75, 3.05) is 44.3 Å². The molecule has 0 unspecified atom stereocenters. The maximum absolute atomic E-state index is 12.9. The highest BCUT2D eigenvalue weighted by Crippen LogP contribution is 2.30. The van der Waals surface area contributed by atoms with Gasteiger partial charge in [-0.1, -0.05) is 6.07 Å². The molecule has 3 heterocycles. The SMILES string of the molecule is CCOc1ccc2c(c1)C=C(C(=O)N1CCN(c3ccccn3)CC1)CO2. The van der Waals surface area contributed by atoms with Crippen LogP contribution < -0.4 is 14.4 Å². The van der Waals surface area contributed by atoms with Gasteiger partial charge in [-0.25, -0.2) is 4.98 Å². The fourth-order valence-corrected chi connectivity index (χ4v) is 3.42. The largest absolute Gasteiger partial charge is 0.494 e. The summed E-state index contributed by atoms with van der Waals surface area (Å²) in [4.78, 5) is 21.4. The van der Waals surface area contributed by atoms with Gasteiger partial charge in [-0.2, -0.15) is 0 Å². The number of pyridine rings is 1. The Morgan fingerprint density at radius 3 is 2.78 bits per heavy atom. The molecule has 0 aliphatic carbocycles. The summed E-state index contributed by atoms with van der Waals surface area (Å²) in [5.74, 6) is 2.58. The van der Waals surface area contributed by atoms with Crippen LogP contribution in [0, 0.1) is 0 Å². The molecular formula is C21H23N3O3. The van der Waals surface area contributed by atoms with Crippen LogP contribution in [0.4, 0.5) is 5.82 Å². The van der Waals surface area contributed by atoms with Crippen LogP contribution >= 0.6 is 0 Å². The van der Waals surface area contributed by atoms with Gasteiger partial charge in [0.15, 0.2) is 0 Å². The molecular weight excluding hydrogens is 342 g/mol. The van der Waals surface area contributed by atoms with Gasteiger partial charge in [-0.15, -0.1) is 0 Å². The lowest BCUT2D eigenvalue weighted by Crippen LogP contribution is -2.49. The first-order valence-corrected chi connectivity index (χ1v) is 9.30. The molecule has 1 aromatic heterocycles. The number of piperazine rings is 1. The monoisotopic (exact) mass is 365 g/mol. The van der Waals surface area contributed by atoms with Crippen molar-refractivity contribution >= 4 is 17.8 Å². The zero-order valence-corrected chi connectivity index (χ0v) is 15.4. The number of fused-ring (bicyclic) bond motifs is 1.